The highest BCUT2D eigenvalue weighted by Crippen LogP contribution is 2.11. The Bertz CT molecular complexity index is 381. The second-order valence-corrected chi connectivity index (χ2v) is 5.54. The van der Waals surface area contributed by atoms with Gasteiger partial charge in [-0.1, -0.05) is 19.1 Å². The van der Waals surface area contributed by atoms with Crippen LogP contribution in [0.4, 0.5) is 0 Å². The first-order chi connectivity index (χ1) is 8.52. The lowest BCUT2D eigenvalue weighted by atomic mass is 10.1. The van der Waals surface area contributed by atoms with E-state index in [2.05, 4.69) is 12.2 Å². The minimum absolute atomic E-state index is 0.135. The summed E-state index contributed by atoms with van der Waals surface area (Å²) in [6.07, 6.45) is 2.48. The van der Waals surface area contributed by atoms with Crippen molar-refractivity contribution in [3.63, 3.8) is 0 Å². The second-order valence-electron chi connectivity index (χ2n) is 4.27. The largest absolute Gasteiger partial charge is 0.508 e. The van der Waals surface area contributed by atoms with E-state index in [1.807, 2.05) is 6.26 Å². The van der Waals surface area contributed by atoms with Crippen LogP contribution in [0.15, 0.2) is 24.3 Å². The van der Waals surface area contributed by atoms with Crippen molar-refractivity contribution in [2.75, 3.05) is 12.8 Å². The van der Waals surface area contributed by atoms with Crippen molar-refractivity contribution < 1.29 is 9.90 Å². The van der Waals surface area contributed by atoms with E-state index in [1.54, 1.807) is 36.0 Å². The SMILES string of the molecule is CSC(C)CNC(=O)[C@@H](N)Cc1ccc(O)cc1. The highest BCUT2D eigenvalue weighted by molar-refractivity contribution is 7.99. The third kappa shape index (κ3) is 4.98. The van der Waals surface area contributed by atoms with E-state index in [1.165, 1.54) is 0 Å². The van der Waals surface area contributed by atoms with Gasteiger partial charge in [0.25, 0.3) is 0 Å². The first-order valence-electron chi connectivity index (χ1n) is 5.87. The van der Waals surface area contributed by atoms with Crippen LogP contribution in [0.25, 0.3) is 0 Å². The fourth-order valence-electron chi connectivity index (χ4n) is 1.44. The van der Waals surface area contributed by atoms with Crippen LogP contribution in [-0.2, 0) is 11.2 Å². The van der Waals surface area contributed by atoms with Crippen LogP contribution < -0.4 is 11.1 Å². The van der Waals surface area contributed by atoms with Crippen molar-refractivity contribution in [3.8, 4) is 5.75 Å². The Kier molecular flexibility index (Phi) is 6.01. The summed E-state index contributed by atoms with van der Waals surface area (Å²) in [5, 5.41) is 12.4. The van der Waals surface area contributed by atoms with Gasteiger partial charge in [0, 0.05) is 11.8 Å². The van der Waals surface area contributed by atoms with Crippen LogP contribution in [0.1, 0.15) is 12.5 Å². The Morgan fingerprint density at radius 3 is 2.61 bits per heavy atom. The maximum Gasteiger partial charge on any atom is 0.237 e. The molecule has 4 nitrogen and oxygen atoms in total. The van der Waals surface area contributed by atoms with Crippen molar-refractivity contribution in [2.45, 2.75) is 24.6 Å². The van der Waals surface area contributed by atoms with Crippen molar-refractivity contribution in [3.05, 3.63) is 29.8 Å². The molecule has 0 aromatic heterocycles. The fourth-order valence-corrected chi connectivity index (χ4v) is 1.69. The summed E-state index contributed by atoms with van der Waals surface area (Å²) in [6, 6.07) is 6.18. The molecule has 0 saturated carbocycles. The predicted octanol–water partition coefficient (Wildman–Crippen LogP) is 1.13. The predicted molar refractivity (Wildman–Crippen MR) is 75.8 cm³/mol. The first kappa shape index (κ1) is 14.9. The van der Waals surface area contributed by atoms with E-state index in [0.717, 1.165) is 5.56 Å². The van der Waals surface area contributed by atoms with Crippen molar-refractivity contribution in [2.24, 2.45) is 5.73 Å². The van der Waals surface area contributed by atoms with Gasteiger partial charge in [0.05, 0.1) is 6.04 Å². The number of phenolic OH excluding ortho intramolecular Hbond substituents is 1. The molecular formula is C13H20N2O2S. The molecule has 0 radical (unpaired) electrons. The van der Waals surface area contributed by atoms with Crippen LogP contribution in [0, 0.1) is 0 Å². The van der Waals surface area contributed by atoms with E-state index in [9.17, 15) is 4.79 Å². The van der Waals surface area contributed by atoms with Gasteiger partial charge in [-0.2, -0.15) is 11.8 Å². The zero-order valence-corrected chi connectivity index (χ0v) is 11.5. The summed E-state index contributed by atoms with van der Waals surface area (Å²) < 4.78 is 0. The number of benzene rings is 1. The molecule has 0 saturated heterocycles. The molecule has 5 heteroatoms. The number of hydrogen-bond donors (Lipinski definition) is 3. The third-order valence-electron chi connectivity index (χ3n) is 2.69. The third-order valence-corrected chi connectivity index (χ3v) is 3.67. The monoisotopic (exact) mass is 268 g/mol. The van der Waals surface area contributed by atoms with Crippen LogP contribution in [0.3, 0.4) is 0 Å². The van der Waals surface area contributed by atoms with E-state index >= 15 is 0 Å². The molecule has 0 heterocycles. The van der Waals surface area contributed by atoms with Crippen molar-refractivity contribution >= 4 is 17.7 Å². The van der Waals surface area contributed by atoms with E-state index in [4.69, 9.17) is 10.8 Å². The molecule has 0 fully saturated rings. The Labute approximate surface area is 112 Å². The van der Waals surface area contributed by atoms with Gasteiger partial charge >= 0.3 is 0 Å². The highest BCUT2D eigenvalue weighted by Gasteiger charge is 2.14. The molecule has 1 unspecified atom stereocenters. The van der Waals surface area contributed by atoms with E-state index < -0.39 is 6.04 Å². The summed E-state index contributed by atoms with van der Waals surface area (Å²) in [6.45, 7) is 2.68. The second kappa shape index (κ2) is 7.28. The Morgan fingerprint density at radius 1 is 1.44 bits per heavy atom. The van der Waals surface area contributed by atoms with Gasteiger partial charge < -0.3 is 16.2 Å². The fraction of sp³-hybridized carbons (Fsp3) is 0.462. The number of phenols is 1. The van der Waals surface area contributed by atoms with Gasteiger partial charge in [-0.15, -0.1) is 0 Å². The molecular weight excluding hydrogens is 248 g/mol. The number of carbonyl (C=O) groups is 1. The van der Waals surface area contributed by atoms with Crippen LogP contribution in [-0.4, -0.2) is 35.1 Å². The van der Waals surface area contributed by atoms with Gasteiger partial charge in [-0.25, -0.2) is 0 Å². The van der Waals surface area contributed by atoms with Gasteiger partial charge in [0.1, 0.15) is 5.75 Å². The summed E-state index contributed by atoms with van der Waals surface area (Å²) in [7, 11) is 0. The smallest absolute Gasteiger partial charge is 0.237 e. The molecule has 0 aliphatic rings. The molecule has 2 atom stereocenters. The average Bonchev–Trinajstić information content (AvgIpc) is 2.38. The van der Waals surface area contributed by atoms with Crippen LogP contribution in [0.5, 0.6) is 5.75 Å². The molecule has 0 aliphatic carbocycles. The quantitative estimate of drug-likeness (QED) is 0.723. The Balaban J connectivity index is 2.42. The molecule has 100 valence electrons. The van der Waals surface area contributed by atoms with Crippen molar-refractivity contribution in [1.82, 2.24) is 5.32 Å². The maximum atomic E-state index is 11.7. The van der Waals surface area contributed by atoms with E-state index in [-0.39, 0.29) is 11.7 Å². The number of carbonyl (C=O) groups excluding carboxylic acids is 1. The lowest BCUT2D eigenvalue weighted by Crippen LogP contribution is -2.43. The first-order valence-corrected chi connectivity index (χ1v) is 7.15. The molecule has 1 aromatic rings. The molecule has 0 spiro atoms. The lowest BCUT2D eigenvalue weighted by Gasteiger charge is -2.14. The molecule has 1 rings (SSSR count). The van der Waals surface area contributed by atoms with Gasteiger partial charge in [-0.05, 0) is 30.4 Å². The molecule has 0 bridgehead atoms. The zero-order valence-electron chi connectivity index (χ0n) is 10.7. The number of thioether (sulfide) groups is 1. The highest BCUT2D eigenvalue weighted by atomic mass is 32.2. The zero-order chi connectivity index (χ0) is 13.5. The minimum Gasteiger partial charge on any atom is -0.508 e. The number of hydrogen-bond acceptors (Lipinski definition) is 4. The number of aromatic hydroxyl groups is 1. The number of nitrogens with one attached hydrogen (secondary N) is 1. The minimum atomic E-state index is -0.552. The molecule has 0 aliphatic heterocycles. The standard InChI is InChI=1S/C13H20N2O2S/c1-9(18-2)8-15-13(17)12(14)7-10-3-5-11(16)6-4-10/h3-6,9,12,16H,7-8,14H2,1-2H3,(H,15,17)/t9?,12-/m0/s1. The molecule has 1 aromatic carbocycles. The van der Waals surface area contributed by atoms with Crippen molar-refractivity contribution in [1.29, 1.82) is 0 Å². The number of rotatable bonds is 6. The average molecular weight is 268 g/mol. The molecule has 1 amide bonds. The van der Waals surface area contributed by atoms with Crippen LogP contribution >= 0.6 is 11.8 Å². The lowest BCUT2D eigenvalue weighted by molar-refractivity contribution is -0.122. The summed E-state index contributed by atoms with van der Waals surface area (Å²) in [5.41, 5.74) is 6.77. The maximum absolute atomic E-state index is 11.7. The van der Waals surface area contributed by atoms with Gasteiger partial charge in [0.2, 0.25) is 5.91 Å². The Hall–Kier alpha value is -1.20. The molecule has 4 N–H and O–H groups in total. The van der Waals surface area contributed by atoms with E-state index in [0.29, 0.717) is 18.2 Å². The van der Waals surface area contributed by atoms with Gasteiger partial charge in [-0.3, -0.25) is 4.79 Å². The topological polar surface area (TPSA) is 75.4 Å². The summed E-state index contributed by atoms with van der Waals surface area (Å²) >= 11 is 1.70. The molecule has 18 heavy (non-hydrogen) atoms. The Morgan fingerprint density at radius 2 is 2.06 bits per heavy atom. The summed E-state index contributed by atoms with van der Waals surface area (Å²) in [5.74, 6) is 0.0783. The normalized spacial score (nSPS) is 13.9. The summed E-state index contributed by atoms with van der Waals surface area (Å²) in [4.78, 5) is 11.7. The number of amides is 1. The van der Waals surface area contributed by atoms with Gasteiger partial charge in [0.15, 0.2) is 0 Å². The van der Waals surface area contributed by atoms with Crippen LogP contribution in [0.2, 0.25) is 0 Å². The number of nitrogens with two attached hydrogens (primary N) is 1.